The molecule has 3 N–H and O–H groups in total. The highest BCUT2D eigenvalue weighted by Crippen LogP contribution is 2.39. The minimum absolute atomic E-state index is 0.0867. The molecule has 15 nitrogen and oxygen atoms in total. The van der Waals surface area contributed by atoms with Crippen molar-refractivity contribution in [3.8, 4) is 33.4 Å². The number of rotatable bonds is 18. The van der Waals surface area contributed by atoms with E-state index < -0.39 is 0 Å². The Balaban J connectivity index is 0.000000200. The van der Waals surface area contributed by atoms with Crippen LogP contribution in [0.25, 0.3) is 6.08 Å². The number of nitrogens with zero attached hydrogens (tertiary/aromatic N) is 4. The second kappa shape index (κ2) is 28.9. The van der Waals surface area contributed by atoms with Crippen molar-refractivity contribution in [2.24, 2.45) is 11.8 Å². The number of aliphatic hydroxyl groups excluding tert-OH is 1. The third-order valence-electron chi connectivity index (χ3n) is 10.9. The van der Waals surface area contributed by atoms with Crippen LogP contribution in [0.3, 0.4) is 0 Å². The highest BCUT2D eigenvalue weighted by Gasteiger charge is 2.50. The summed E-state index contributed by atoms with van der Waals surface area (Å²) < 4.78 is 45.6. The van der Waals surface area contributed by atoms with Crippen molar-refractivity contribution in [1.29, 1.82) is 0 Å². The summed E-state index contributed by atoms with van der Waals surface area (Å²) in [5.41, 5.74) is -0.607. The van der Waals surface area contributed by atoms with Gasteiger partial charge in [-0.1, -0.05) is 88.2 Å². The molecule has 0 spiro atoms. The first-order valence-electron chi connectivity index (χ1n) is 24.4. The van der Waals surface area contributed by atoms with Gasteiger partial charge in [-0.2, -0.15) is 0 Å². The number of ether oxygens (including phenoxy) is 4. The van der Waals surface area contributed by atoms with Crippen LogP contribution in [0.2, 0.25) is 10.0 Å². The molecular weight excluding hydrogens is 1080 g/mol. The lowest BCUT2D eigenvalue weighted by atomic mass is 9.89. The van der Waals surface area contributed by atoms with E-state index in [2.05, 4.69) is 46.8 Å². The van der Waals surface area contributed by atoms with Crippen LogP contribution in [-0.4, -0.2) is 75.6 Å². The maximum Gasteiger partial charge on any atom is 0.486 e. The second-order valence-electron chi connectivity index (χ2n) is 18.1. The third kappa shape index (κ3) is 20.6. The van der Waals surface area contributed by atoms with E-state index in [1.54, 1.807) is 37.5 Å². The van der Waals surface area contributed by atoms with E-state index in [4.69, 9.17) is 65.6 Å². The highest BCUT2D eigenvalue weighted by atomic mass is 79.9. The largest absolute Gasteiger partial charge is 0.493 e. The van der Waals surface area contributed by atoms with Crippen LogP contribution in [-0.2, 0) is 9.31 Å². The number of hydrogen-bond acceptors (Lipinski definition) is 17. The average Bonchev–Trinajstić information content (AvgIpc) is 4.13. The van der Waals surface area contributed by atoms with Crippen molar-refractivity contribution in [2.75, 3.05) is 30.5 Å². The first-order valence-corrected chi connectivity index (χ1v) is 27.5. The van der Waals surface area contributed by atoms with Gasteiger partial charge in [-0.25, -0.2) is 9.97 Å². The summed E-state index contributed by atoms with van der Waals surface area (Å²) in [6.45, 7) is 23.4. The Morgan fingerprint density at radius 3 is 1.62 bits per heavy atom. The standard InChI is InChI=1S/C21H22ClN3O3S.C14H23BN2O3.C13H11BrClNO2S.C2H6O.C2H6/c1-13(24-20-9-14(2)28-25-20)3-7-17-11-23-21(29-17)27-19-8-6-16(10-18(19)22)26-12-15-4-5-15;1-10(16-12-9-11(2)18-17-12)7-8-15-19-13(3,4)14(5,6)20-15;14-12-6-16-13(19-12)18-11-4-3-9(5-10(11)15)17-7-8-1-2-8;1-2-3;1-2/h3,6-11,13,15H,4-5,12H2,1-2H3,(H,24,25);7-10H,1-6H3,(H,16,17);3-6,8H,1-2,7H2;3H,2H2,1H3;1-2H3/b7-3+;8-7+;;;/t13-;10-;;;/m00.../s1. The highest BCUT2D eigenvalue weighted by molar-refractivity contribution is 9.11. The van der Waals surface area contributed by atoms with Crippen molar-refractivity contribution in [3.05, 3.63) is 109 Å². The minimum atomic E-state index is -0.316. The van der Waals surface area contributed by atoms with E-state index in [1.807, 2.05) is 124 Å². The van der Waals surface area contributed by atoms with Crippen LogP contribution >= 0.6 is 61.8 Å². The first-order chi connectivity index (χ1) is 34.9. The SMILES string of the molecule is CC.CCO.Cc1cc(N[C@@H](C)/C=C/B2OC(C)(C)C(C)(C)O2)no1.Cc1cc(N[C@@H](C)/C=C/c2cnc(Oc3ccc(OCC4CC4)cc3Cl)s2)no1.Clc1cc(OCC2CC2)ccc1Oc1ncc(Br)s1. The van der Waals surface area contributed by atoms with E-state index in [9.17, 15) is 0 Å². The van der Waals surface area contributed by atoms with E-state index in [0.29, 0.717) is 43.7 Å². The smallest absolute Gasteiger partial charge is 0.486 e. The van der Waals surface area contributed by atoms with Gasteiger partial charge in [-0.3, -0.25) is 0 Å². The molecule has 0 amide bonds. The van der Waals surface area contributed by atoms with Crippen molar-refractivity contribution in [2.45, 2.75) is 125 Å². The van der Waals surface area contributed by atoms with Crippen LogP contribution in [0, 0.1) is 25.7 Å². The van der Waals surface area contributed by atoms with Crippen molar-refractivity contribution in [3.63, 3.8) is 0 Å². The number of hydrogen-bond donors (Lipinski definition) is 3. The Bertz CT molecular complexity index is 2640. The molecule has 2 saturated carbocycles. The van der Waals surface area contributed by atoms with Gasteiger partial charge >= 0.3 is 7.12 Å². The van der Waals surface area contributed by atoms with Crippen molar-refractivity contribution >= 4 is 86.6 Å². The van der Waals surface area contributed by atoms with Crippen molar-refractivity contribution in [1.82, 2.24) is 20.3 Å². The molecule has 2 atom stereocenters. The number of anilines is 2. The molecule has 396 valence electrons. The number of aliphatic hydroxyl groups is 1. The predicted octanol–water partition coefficient (Wildman–Crippen LogP) is 15.3. The van der Waals surface area contributed by atoms with Gasteiger partial charge in [0.25, 0.3) is 10.4 Å². The molecule has 9 rings (SSSR count). The normalized spacial score (nSPS) is 16.1. The minimum Gasteiger partial charge on any atom is -0.493 e. The number of benzene rings is 2. The molecule has 21 heteroatoms. The zero-order chi connectivity index (χ0) is 53.1. The Labute approximate surface area is 456 Å². The van der Waals surface area contributed by atoms with Crippen LogP contribution in [0.1, 0.15) is 104 Å². The molecule has 2 aliphatic carbocycles. The number of aryl methyl sites for hydroxylation is 2. The maximum atomic E-state index is 7.57. The van der Waals surface area contributed by atoms with E-state index in [-0.39, 0.29) is 37.0 Å². The topological polar surface area (TPSA) is 178 Å². The zero-order valence-electron chi connectivity index (χ0n) is 43.4. The predicted molar refractivity (Wildman–Crippen MR) is 298 cm³/mol. The van der Waals surface area contributed by atoms with Gasteiger partial charge in [0.1, 0.15) is 34.5 Å². The summed E-state index contributed by atoms with van der Waals surface area (Å²) in [7, 11) is -0.316. The lowest BCUT2D eigenvalue weighted by Gasteiger charge is -2.32. The number of nitrogens with one attached hydrogen (secondary N) is 2. The molecule has 5 heterocycles. The first kappa shape index (κ1) is 59.3. The van der Waals surface area contributed by atoms with Gasteiger partial charge in [0, 0.05) is 49.2 Å². The lowest BCUT2D eigenvalue weighted by Crippen LogP contribution is -2.41. The van der Waals surface area contributed by atoms with Gasteiger partial charge < -0.3 is 53.0 Å². The second-order valence-corrected chi connectivity index (χ2v) is 22.3. The fourth-order valence-electron chi connectivity index (χ4n) is 6.07. The summed E-state index contributed by atoms with van der Waals surface area (Å²) >= 11 is 18.7. The zero-order valence-corrected chi connectivity index (χ0v) is 48.1. The van der Waals surface area contributed by atoms with E-state index >= 15 is 0 Å². The molecule has 0 bridgehead atoms. The molecule has 0 radical (unpaired) electrons. The molecule has 3 aliphatic rings. The summed E-state index contributed by atoms with van der Waals surface area (Å²) in [5, 5.41) is 24.0. The fraction of sp³-hybridized carbons (Fsp3) is 0.462. The molecule has 2 aromatic carbocycles. The molecule has 1 aliphatic heterocycles. The van der Waals surface area contributed by atoms with Crippen LogP contribution in [0.4, 0.5) is 11.6 Å². The molecule has 1 saturated heterocycles. The Kier molecular flexibility index (Phi) is 23.5. The molecule has 0 unspecified atom stereocenters. The van der Waals surface area contributed by atoms with Crippen LogP contribution in [0.5, 0.6) is 33.4 Å². The molecule has 6 aromatic rings. The molecule has 73 heavy (non-hydrogen) atoms. The molecule has 4 aromatic heterocycles. The number of halogens is 3. The average molecular weight is 1150 g/mol. The fourth-order valence-corrected chi connectivity index (χ4v) is 8.21. The monoisotopic (exact) mass is 1140 g/mol. The number of aromatic nitrogens is 4. The van der Waals surface area contributed by atoms with Gasteiger partial charge in [0.15, 0.2) is 11.6 Å². The van der Waals surface area contributed by atoms with Crippen molar-refractivity contribution < 1.29 is 42.4 Å². The number of thiazole rings is 2. The van der Waals surface area contributed by atoms with E-state index in [0.717, 1.165) is 56.6 Å². The summed E-state index contributed by atoms with van der Waals surface area (Å²) in [4.78, 5) is 9.39. The van der Waals surface area contributed by atoms with Gasteiger partial charge in [0.2, 0.25) is 0 Å². The Morgan fingerprint density at radius 1 is 0.753 bits per heavy atom. The van der Waals surface area contributed by atoms with Gasteiger partial charge in [-0.15, -0.1) is 0 Å². The van der Waals surface area contributed by atoms with E-state index in [1.165, 1.54) is 48.4 Å². The Hall–Kier alpha value is -4.60. The third-order valence-corrected chi connectivity index (χ3v) is 13.7. The van der Waals surface area contributed by atoms with Gasteiger partial charge in [0.05, 0.1) is 49.3 Å². The van der Waals surface area contributed by atoms with Crippen LogP contribution < -0.4 is 29.6 Å². The maximum absolute atomic E-state index is 7.57. The lowest BCUT2D eigenvalue weighted by molar-refractivity contribution is 0.00578. The van der Waals surface area contributed by atoms with Crippen LogP contribution in [0.15, 0.2) is 91.9 Å². The molecule has 3 fully saturated rings. The molecular formula is C52H68BBrCl2N6O9S2. The van der Waals surface area contributed by atoms with Gasteiger partial charge in [-0.05, 0) is 146 Å². The Morgan fingerprint density at radius 2 is 1.21 bits per heavy atom. The summed E-state index contributed by atoms with van der Waals surface area (Å²) in [5.74, 6) is 9.05. The summed E-state index contributed by atoms with van der Waals surface area (Å²) in [6.07, 6.45) is 14.5. The quantitative estimate of drug-likeness (QED) is 0.0692. The summed E-state index contributed by atoms with van der Waals surface area (Å²) in [6, 6.07) is 14.8.